The molecule has 82 valence electrons. The Morgan fingerprint density at radius 1 is 1.47 bits per heavy atom. The number of aromatic nitrogens is 2. The van der Waals surface area contributed by atoms with Crippen molar-refractivity contribution in [1.82, 2.24) is 9.97 Å². The van der Waals surface area contributed by atoms with Crippen molar-refractivity contribution >= 4 is 17.4 Å². The lowest BCUT2D eigenvalue weighted by atomic mass is 10.2. The van der Waals surface area contributed by atoms with Gasteiger partial charge in [0.1, 0.15) is 16.8 Å². The molecule has 1 aliphatic rings. The van der Waals surface area contributed by atoms with E-state index in [-0.39, 0.29) is 12.1 Å². The van der Waals surface area contributed by atoms with Gasteiger partial charge in [-0.1, -0.05) is 11.6 Å². The number of anilines is 1. The van der Waals surface area contributed by atoms with Crippen LogP contribution in [0.5, 0.6) is 0 Å². The molecule has 2 N–H and O–H groups in total. The molecule has 2 unspecified atom stereocenters. The van der Waals surface area contributed by atoms with Gasteiger partial charge in [0.05, 0.1) is 12.1 Å². The first-order valence-electron chi connectivity index (χ1n) is 5.11. The smallest absolute Gasteiger partial charge is 0.134 e. The number of hydrogen-bond acceptors (Lipinski definition) is 4. The van der Waals surface area contributed by atoms with E-state index in [4.69, 9.17) is 11.6 Å². The van der Waals surface area contributed by atoms with E-state index >= 15 is 0 Å². The summed E-state index contributed by atoms with van der Waals surface area (Å²) in [6.07, 6.45) is 2.60. The first-order chi connectivity index (χ1) is 7.15. The minimum absolute atomic E-state index is 0.0929. The van der Waals surface area contributed by atoms with Gasteiger partial charge in [-0.05, 0) is 26.2 Å². The summed E-state index contributed by atoms with van der Waals surface area (Å²) in [5.74, 6) is 1.33. The van der Waals surface area contributed by atoms with Crippen molar-refractivity contribution in [3.8, 4) is 0 Å². The molecule has 1 fully saturated rings. The maximum atomic E-state index is 9.65. The third-order valence-electron chi connectivity index (χ3n) is 2.62. The molecule has 1 saturated carbocycles. The maximum Gasteiger partial charge on any atom is 0.134 e. The Balaban J connectivity index is 2.10. The molecule has 4 nitrogen and oxygen atoms in total. The molecular weight excluding hydrogens is 214 g/mol. The molecule has 15 heavy (non-hydrogen) atoms. The minimum Gasteiger partial charge on any atom is -0.391 e. The Morgan fingerprint density at radius 2 is 2.27 bits per heavy atom. The normalized spacial score (nSPS) is 25.5. The summed E-state index contributed by atoms with van der Waals surface area (Å²) in [4.78, 5) is 8.19. The number of nitrogens with one attached hydrogen (secondary N) is 1. The Kier molecular flexibility index (Phi) is 3.07. The average molecular weight is 228 g/mol. The van der Waals surface area contributed by atoms with Crippen LogP contribution in [0.3, 0.4) is 0 Å². The van der Waals surface area contributed by atoms with Crippen molar-refractivity contribution < 1.29 is 5.11 Å². The Bertz CT molecular complexity index is 338. The van der Waals surface area contributed by atoms with Crippen LogP contribution in [0.4, 0.5) is 5.82 Å². The highest BCUT2D eigenvalue weighted by atomic mass is 35.5. The van der Waals surface area contributed by atoms with E-state index in [9.17, 15) is 5.11 Å². The predicted molar refractivity (Wildman–Crippen MR) is 59.0 cm³/mol. The monoisotopic (exact) mass is 227 g/mol. The molecule has 2 atom stereocenters. The molecule has 0 bridgehead atoms. The van der Waals surface area contributed by atoms with Gasteiger partial charge in [-0.3, -0.25) is 0 Å². The second kappa shape index (κ2) is 4.33. The van der Waals surface area contributed by atoms with E-state index in [1.165, 1.54) is 0 Å². The van der Waals surface area contributed by atoms with Gasteiger partial charge in [0.2, 0.25) is 0 Å². The van der Waals surface area contributed by atoms with Crippen LogP contribution in [-0.2, 0) is 0 Å². The standard InChI is InChI=1S/C10H14ClN3O/c1-6-12-9(11)5-10(13-6)14-7-3-2-4-8(7)15/h5,7-8,15H,2-4H2,1H3,(H,12,13,14). The van der Waals surface area contributed by atoms with E-state index < -0.39 is 0 Å². The van der Waals surface area contributed by atoms with E-state index in [0.29, 0.717) is 16.8 Å². The molecule has 0 spiro atoms. The van der Waals surface area contributed by atoms with Crippen molar-refractivity contribution in [2.24, 2.45) is 0 Å². The zero-order valence-corrected chi connectivity index (χ0v) is 9.33. The second-order valence-electron chi connectivity index (χ2n) is 3.87. The van der Waals surface area contributed by atoms with Gasteiger partial charge in [0.25, 0.3) is 0 Å². The molecule has 0 aliphatic heterocycles. The second-order valence-corrected chi connectivity index (χ2v) is 4.26. The SMILES string of the molecule is Cc1nc(Cl)cc(NC2CCCC2O)n1. The fraction of sp³-hybridized carbons (Fsp3) is 0.600. The number of aryl methyl sites for hydroxylation is 1. The first kappa shape index (κ1) is 10.6. The lowest BCUT2D eigenvalue weighted by molar-refractivity contribution is 0.171. The third-order valence-corrected chi connectivity index (χ3v) is 2.81. The quantitative estimate of drug-likeness (QED) is 0.756. The number of rotatable bonds is 2. The topological polar surface area (TPSA) is 58.0 Å². The summed E-state index contributed by atoms with van der Waals surface area (Å²) < 4.78 is 0. The number of hydrogen-bond donors (Lipinski definition) is 2. The Hall–Kier alpha value is -0.870. The Labute approximate surface area is 93.7 Å². The summed E-state index contributed by atoms with van der Waals surface area (Å²) in [6.45, 7) is 1.79. The van der Waals surface area contributed by atoms with Crippen LogP contribution in [0.25, 0.3) is 0 Å². The molecule has 1 aromatic heterocycles. The molecular formula is C10H14ClN3O. The highest BCUT2D eigenvalue weighted by molar-refractivity contribution is 6.29. The van der Waals surface area contributed by atoms with E-state index in [1.54, 1.807) is 13.0 Å². The summed E-state index contributed by atoms with van der Waals surface area (Å²) in [6, 6.07) is 1.77. The highest BCUT2D eigenvalue weighted by Gasteiger charge is 2.25. The fourth-order valence-corrected chi connectivity index (χ4v) is 2.13. The van der Waals surface area contributed by atoms with Crippen molar-refractivity contribution in [3.63, 3.8) is 0 Å². The van der Waals surface area contributed by atoms with Crippen molar-refractivity contribution in [2.45, 2.75) is 38.3 Å². The van der Waals surface area contributed by atoms with Crippen molar-refractivity contribution in [2.75, 3.05) is 5.32 Å². The molecule has 5 heteroatoms. The summed E-state index contributed by atoms with van der Waals surface area (Å²) in [5.41, 5.74) is 0. The summed E-state index contributed by atoms with van der Waals surface area (Å²) >= 11 is 5.82. The van der Waals surface area contributed by atoms with Crippen LogP contribution >= 0.6 is 11.6 Å². The number of aliphatic hydroxyl groups excluding tert-OH is 1. The molecule has 0 aromatic carbocycles. The summed E-state index contributed by atoms with van der Waals surface area (Å²) in [5, 5.41) is 13.3. The van der Waals surface area contributed by atoms with E-state index in [1.807, 2.05) is 0 Å². The number of aliphatic hydroxyl groups is 1. The number of nitrogens with zero attached hydrogens (tertiary/aromatic N) is 2. The van der Waals surface area contributed by atoms with Gasteiger partial charge < -0.3 is 10.4 Å². The first-order valence-corrected chi connectivity index (χ1v) is 5.49. The van der Waals surface area contributed by atoms with Gasteiger partial charge in [-0.2, -0.15) is 0 Å². The van der Waals surface area contributed by atoms with Crippen molar-refractivity contribution in [3.05, 3.63) is 17.0 Å². The molecule has 1 heterocycles. The van der Waals surface area contributed by atoms with Crippen molar-refractivity contribution in [1.29, 1.82) is 0 Å². The van der Waals surface area contributed by atoms with E-state index in [2.05, 4.69) is 15.3 Å². The maximum absolute atomic E-state index is 9.65. The lowest BCUT2D eigenvalue weighted by Crippen LogP contribution is -2.28. The molecule has 0 radical (unpaired) electrons. The molecule has 1 aliphatic carbocycles. The van der Waals surface area contributed by atoms with Gasteiger partial charge in [0, 0.05) is 6.07 Å². The van der Waals surface area contributed by atoms with Crippen LogP contribution in [-0.4, -0.2) is 27.2 Å². The molecule has 2 rings (SSSR count). The van der Waals surface area contributed by atoms with E-state index in [0.717, 1.165) is 19.3 Å². The number of halogens is 1. The molecule has 0 amide bonds. The van der Waals surface area contributed by atoms with Gasteiger partial charge in [0.15, 0.2) is 0 Å². The average Bonchev–Trinajstić information content (AvgIpc) is 2.50. The zero-order valence-electron chi connectivity index (χ0n) is 8.57. The van der Waals surface area contributed by atoms with Crippen LogP contribution in [0.2, 0.25) is 5.15 Å². The van der Waals surface area contributed by atoms with Crippen LogP contribution in [0.15, 0.2) is 6.07 Å². The van der Waals surface area contributed by atoms with Crippen LogP contribution in [0.1, 0.15) is 25.1 Å². The molecule has 1 aromatic rings. The largest absolute Gasteiger partial charge is 0.391 e. The lowest BCUT2D eigenvalue weighted by Gasteiger charge is -2.17. The minimum atomic E-state index is -0.279. The van der Waals surface area contributed by atoms with Gasteiger partial charge >= 0.3 is 0 Å². The third kappa shape index (κ3) is 2.58. The zero-order chi connectivity index (χ0) is 10.8. The van der Waals surface area contributed by atoms with Crippen LogP contribution in [0, 0.1) is 6.92 Å². The van der Waals surface area contributed by atoms with Gasteiger partial charge in [-0.25, -0.2) is 9.97 Å². The fourth-order valence-electron chi connectivity index (χ4n) is 1.90. The van der Waals surface area contributed by atoms with Crippen LogP contribution < -0.4 is 5.32 Å². The Morgan fingerprint density at radius 3 is 2.87 bits per heavy atom. The molecule has 0 saturated heterocycles. The summed E-state index contributed by atoms with van der Waals surface area (Å²) in [7, 11) is 0. The predicted octanol–water partition coefficient (Wildman–Crippen LogP) is 1.76. The van der Waals surface area contributed by atoms with Gasteiger partial charge in [-0.15, -0.1) is 0 Å². The highest BCUT2D eigenvalue weighted by Crippen LogP contribution is 2.22.